The lowest BCUT2D eigenvalue weighted by molar-refractivity contribution is -0.116. The molecule has 0 bridgehead atoms. The molecule has 0 saturated carbocycles. The van der Waals surface area contributed by atoms with Crippen molar-refractivity contribution in [3.05, 3.63) is 48.0 Å². The van der Waals surface area contributed by atoms with Crippen molar-refractivity contribution in [1.29, 1.82) is 0 Å². The van der Waals surface area contributed by atoms with Crippen molar-refractivity contribution >= 4 is 21.7 Å². The van der Waals surface area contributed by atoms with Crippen LogP contribution in [0.1, 0.15) is 12.0 Å². The molecule has 2 aromatic carbocycles. The van der Waals surface area contributed by atoms with E-state index in [4.69, 9.17) is 8.92 Å². The summed E-state index contributed by atoms with van der Waals surface area (Å²) in [6.45, 7) is 0. The number of anilines is 1. The molecule has 0 aromatic heterocycles. The number of benzene rings is 2. The van der Waals surface area contributed by atoms with E-state index >= 15 is 0 Å². The first-order valence-electron chi connectivity index (χ1n) is 6.99. The highest BCUT2D eigenvalue weighted by atomic mass is 32.2. The van der Waals surface area contributed by atoms with Crippen molar-refractivity contribution < 1.29 is 22.1 Å². The van der Waals surface area contributed by atoms with Gasteiger partial charge < -0.3 is 14.2 Å². The van der Waals surface area contributed by atoms with E-state index in [2.05, 4.69) is 5.32 Å². The van der Waals surface area contributed by atoms with Gasteiger partial charge in [0.1, 0.15) is 16.4 Å². The fourth-order valence-corrected chi connectivity index (χ4v) is 3.25. The molecular formula is C16H15NO5S. The molecule has 1 amide bonds. The van der Waals surface area contributed by atoms with E-state index in [1.807, 2.05) is 0 Å². The maximum Gasteiger partial charge on any atom is 0.339 e. The van der Waals surface area contributed by atoms with Gasteiger partial charge >= 0.3 is 10.1 Å². The van der Waals surface area contributed by atoms with Crippen molar-refractivity contribution in [1.82, 2.24) is 0 Å². The van der Waals surface area contributed by atoms with Crippen LogP contribution in [0.15, 0.2) is 47.4 Å². The molecule has 0 saturated heterocycles. The summed E-state index contributed by atoms with van der Waals surface area (Å²) in [5.74, 6) is 0.737. The van der Waals surface area contributed by atoms with E-state index in [-0.39, 0.29) is 16.6 Å². The number of ether oxygens (including phenoxy) is 1. The minimum absolute atomic E-state index is 0.0444. The van der Waals surface area contributed by atoms with Gasteiger partial charge in [0.15, 0.2) is 0 Å². The van der Waals surface area contributed by atoms with E-state index in [9.17, 15) is 13.2 Å². The predicted molar refractivity (Wildman–Crippen MR) is 84.2 cm³/mol. The molecule has 6 nitrogen and oxygen atoms in total. The molecule has 1 N–H and O–H groups in total. The van der Waals surface area contributed by atoms with Gasteiger partial charge in [-0.05, 0) is 54.4 Å². The zero-order valence-corrected chi connectivity index (χ0v) is 13.2. The quantitative estimate of drug-likeness (QED) is 0.869. The topological polar surface area (TPSA) is 81.7 Å². The summed E-state index contributed by atoms with van der Waals surface area (Å²) >= 11 is 0. The SMILES string of the molecule is COc1ccc(S(=O)(=O)Oc2ccc3c(c2)CCC(=O)N3)cc1. The molecule has 3 rings (SSSR count). The maximum absolute atomic E-state index is 12.3. The second-order valence-electron chi connectivity index (χ2n) is 5.08. The highest BCUT2D eigenvalue weighted by Crippen LogP contribution is 2.28. The van der Waals surface area contributed by atoms with Crippen LogP contribution < -0.4 is 14.2 Å². The molecule has 1 aliphatic heterocycles. The molecule has 0 unspecified atom stereocenters. The van der Waals surface area contributed by atoms with Crippen LogP contribution in [0.3, 0.4) is 0 Å². The highest BCUT2D eigenvalue weighted by Gasteiger charge is 2.19. The molecule has 0 radical (unpaired) electrons. The third-order valence-corrected chi connectivity index (χ3v) is 4.79. The van der Waals surface area contributed by atoms with Crippen LogP contribution in [0.2, 0.25) is 0 Å². The Morgan fingerprint density at radius 2 is 1.70 bits per heavy atom. The van der Waals surface area contributed by atoms with Gasteiger partial charge in [-0.15, -0.1) is 0 Å². The van der Waals surface area contributed by atoms with Gasteiger partial charge in [0.25, 0.3) is 0 Å². The second kappa shape index (κ2) is 5.92. The number of amides is 1. The van der Waals surface area contributed by atoms with E-state index in [0.29, 0.717) is 24.3 Å². The molecule has 1 heterocycles. The average molecular weight is 333 g/mol. The summed E-state index contributed by atoms with van der Waals surface area (Å²) in [7, 11) is -2.41. The molecule has 0 spiro atoms. The summed E-state index contributed by atoms with van der Waals surface area (Å²) in [5.41, 5.74) is 1.54. The number of methoxy groups -OCH3 is 1. The van der Waals surface area contributed by atoms with Crippen molar-refractivity contribution in [3.63, 3.8) is 0 Å². The molecule has 0 atom stereocenters. The second-order valence-corrected chi connectivity index (χ2v) is 6.63. The van der Waals surface area contributed by atoms with Crippen LogP contribution in [0, 0.1) is 0 Å². The van der Waals surface area contributed by atoms with E-state index < -0.39 is 10.1 Å². The number of fused-ring (bicyclic) bond motifs is 1. The third-order valence-electron chi connectivity index (χ3n) is 3.53. The Hall–Kier alpha value is -2.54. The number of hydrogen-bond acceptors (Lipinski definition) is 5. The smallest absolute Gasteiger partial charge is 0.339 e. The lowest BCUT2D eigenvalue weighted by atomic mass is 10.0. The van der Waals surface area contributed by atoms with E-state index in [0.717, 1.165) is 5.56 Å². The van der Waals surface area contributed by atoms with Crippen LogP contribution >= 0.6 is 0 Å². The lowest BCUT2D eigenvalue weighted by Gasteiger charge is -2.17. The molecular weight excluding hydrogens is 318 g/mol. The van der Waals surface area contributed by atoms with Gasteiger partial charge in [-0.2, -0.15) is 8.42 Å². The molecule has 120 valence electrons. The van der Waals surface area contributed by atoms with Crippen LogP contribution in [0.5, 0.6) is 11.5 Å². The third kappa shape index (κ3) is 3.29. The molecule has 23 heavy (non-hydrogen) atoms. The Morgan fingerprint density at radius 3 is 2.39 bits per heavy atom. The lowest BCUT2D eigenvalue weighted by Crippen LogP contribution is -2.19. The number of aryl methyl sites for hydroxylation is 1. The molecule has 7 heteroatoms. The summed E-state index contributed by atoms with van der Waals surface area (Å²) in [6.07, 6.45) is 0.933. The summed E-state index contributed by atoms with van der Waals surface area (Å²) in [5, 5.41) is 2.74. The van der Waals surface area contributed by atoms with Crippen molar-refractivity contribution in [2.45, 2.75) is 17.7 Å². The molecule has 1 aliphatic rings. The minimum atomic E-state index is -3.92. The first-order chi connectivity index (χ1) is 11.0. The van der Waals surface area contributed by atoms with Crippen LogP contribution in [0.4, 0.5) is 5.69 Å². The first kappa shape index (κ1) is 15.4. The van der Waals surface area contributed by atoms with Crippen molar-refractivity contribution in [3.8, 4) is 11.5 Å². The number of carbonyl (C=O) groups is 1. The Morgan fingerprint density at radius 1 is 1.00 bits per heavy atom. The Balaban J connectivity index is 1.84. The largest absolute Gasteiger partial charge is 0.497 e. The van der Waals surface area contributed by atoms with E-state index in [1.54, 1.807) is 24.3 Å². The van der Waals surface area contributed by atoms with Gasteiger partial charge in [0, 0.05) is 12.1 Å². The van der Waals surface area contributed by atoms with Gasteiger partial charge in [-0.25, -0.2) is 0 Å². The number of rotatable bonds is 4. The molecule has 0 fully saturated rings. The molecule has 0 aliphatic carbocycles. The van der Waals surface area contributed by atoms with Crippen LogP contribution in [0.25, 0.3) is 0 Å². The summed E-state index contributed by atoms with van der Waals surface area (Å²) < 4.78 is 34.8. The summed E-state index contributed by atoms with van der Waals surface area (Å²) in [6, 6.07) is 10.8. The fraction of sp³-hybridized carbons (Fsp3) is 0.188. The molecule has 2 aromatic rings. The average Bonchev–Trinajstić information content (AvgIpc) is 2.55. The Kier molecular flexibility index (Phi) is 3.96. The van der Waals surface area contributed by atoms with Crippen molar-refractivity contribution in [2.75, 3.05) is 12.4 Å². The zero-order chi connectivity index (χ0) is 16.4. The normalized spacial score (nSPS) is 13.9. The number of carbonyl (C=O) groups excluding carboxylic acids is 1. The van der Waals surface area contributed by atoms with Crippen LogP contribution in [-0.2, 0) is 21.3 Å². The maximum atomic E-state index is 12.3. The zero-order valence-electron chi connectivity index (χ0n) is 12.4. The highest BCUT2D eigenvalue weighted by molar-refractivity contribution is 7.87. The van der Waals surface area contributed by atoms with Gasteiger partial charge in [-0.1, -0.05) is 0 Å². The standard InChI is InChI=1S/C16H15NO5S/c1-21-12-3-6-14(7-4-12)23(19,20)22-13-5-8-15-11(10-13)2-9-16(18)17-15/h3-8,10H,2,9H2,1H3,(H,17,18). The first-order valence-corrected chi connectivity index (χ1v) is 8.40. The van der Waals surface area contributed by atoms with E-state index in [1.165, 1.54) is 25.3 Å². The Labute approximate surface area is 134 Å². The minimum Gasteiger partial charge on any atom is -0.497 e. The van der Waals surface area contributed by atoms with Crippen LogP contribution in [-0.4, -0.2) is 21.4 Å². The summed E-state index contributed by atoms with van der Waals surface area (Å²) in [4.78, 5) is 11.4. The predicted octanol–water partition coefficient (Wildman–Crippen LogP) is 2.35. The van der Waals surface area contributed by atoms with Gasteiger partial charge in [0.05, 0.1) is 7.11 Å². The number of nitrogens with one attached hydrogen (secondary N) is 1. The number of hydrogen-bond donors (Lipinski definition) is 1. The Bertz CT molecular complexity index is 843. The van der Waals surface area contributed by atoms with Gasteiger partial charge in [-0.3, -0.25) is 4.79 Å². The monoisotopic (exact) mass is 333 g/mol. The fourth-order valence-electron chi connectivity index (χ4n) is 2.33. The van der Waals surface area contributed by atoms with Gasteiger partial charge in [0.2, 0.25) is 5.91 Å². The van der Waals surface area contributed by atoms with Crippen molar-refractivity contribution in [2.24, 2.45) is 0 Å².